The van der Waals surface area contributed by atoms with Crippen molar-refractivity contribution in [2.75, 3.05) is 0 Å². The van der Waals surface area contributed by atoms with E-state index in [4.69, 9.17) is 10.2 Å². The van der Waals surface area contributed by atoms with Crippen LogP contribution in [-0.2, 0) is 6.54 Å². The Kier molecular flexibility index (Phi) is 3.50. The van der Waals surface area contributed by atoms with E-state index in [9.17, 15) is 4.79 Å². The standard InChI is InChI=1S/C16H16N3O2/c1-2-19-13-4-3-12(17)10-14(13)21-15(16(19)20)9-11-5-7-18-8-6-11/h3-10,12H,2,17H2,1H3/q+1/b15-9+. The van der Waals surface area contributed by atoms with E-state index in [1.807, 2.05) is 37.3 Å². The predicted molar refractivity (Wildman–Crippen MR) is 79.4 cm³/mol. The summed E-state index contributed by atoms with van der Waals surface area (Å²) in [6.07, 6.45) is 10.6. The van der Waals surface area contributed by atoms with Crippen LogP contribution in [0.5, 0.6) is 0 Å². The lowest BCUT2D eigenvalue weighted by Gasteiger charge is -2.05. The molecule has 1 aliphatic carbocycles. The maximum absolute atomic E-state index is 12.5. The number of rotatable bonds is 2. The second-order valence-electron chi connectivity index (χ2n) is 4.79. The number of pyridine rings is 1. The summed E-state index contributed by atoms with van der Waals surface area (Å²) in [4.78, 5) is 16.5. The Labute approximate surface area is 121 Å². The van der Waals surface area contributed by atoms with Crippen molar-refractivity contribution in [3.63, 3.8) is 0 Å². The molecule has 1 unspecified atom stereocenters. The van der Waals surface area contributed by atoms with Crippen molar-refractivity contribution in [1.29, 1.82) is 0 Å². The molecule has 0 saturated carbocycles. The fourth-order valence-electron chi connectivity index (χ4n) is 2.33. The predicted octanol–water partition coefficient (Wildman–Crippen LogP) is -0.694. The number of nitrogens with two attached hydrogens (primary N) is 1. The Hall–Kier alpha value is -2.53. The van der Waals surface area contributed by atoms with Gasteiger partial charge in [0, 0.05) is 24.5 Å². The molecule has 2 heterocycles. The second-order valence-corrected chi connectivity index (χ2v) is 4.79. The zero-order valence-electron chi connectivity index (χ0n) is 11.7. The zero-order valence-corrected chi connectivity index (χ0v) is 11.7. The molecule has 0 aliphatic heterocycles. The van der Waals surface area contributed by atoms with Gasteiger partial charge in [-0.25, -0.2) is 4.79 Å². The van der Waals surface area contributed by atoms with Crippen LogP contribution in [0.25, 0.3) is 18.2 Å². The highest BCUT2D eigenvalue weighted by Crippen LogP contribution is 1.98. The van der Waals surface area contributed by atoms with Crippen molar-refractivity contribution in [3.05, 3.63) is 63.0 Å². The minimum absolute atomic E-state index is 0.151. The Morgan fingerprint density at radius 2 is 2.19 bits per heavy atom. The number of hydrogen-bond acceptors (Lipinski definition) is 4. The monoisotopic (exact) mass is 282 g/mol. The van der Waals surface area contributed by atoms with E-state index in [0.717, 1.165) is 11.3 Å². The molecule has 2 aromatic rings. The van der Waals surface area contributed by atoms with Gasteiger partial charge in [0.25, 0.3) is 5.69 Å². The summed E-state index contributed by atoms with van der Waals surface area (Å²) < 4.78 is 7.44. The van der Waals surface area contributed by atoms with Gasteiger partial charge in [-0.3, -0.25) is 4.98 Å². The second kappa shape index (κ2) is 5.46. The van der Waals surface area contributed by atoms with Crippen LogP contribution in [0.1, 0.15) is 18.2 Å². The normalized spacial score (nSPS) is 17.4. The molecule has 2 aromatic heterocycles. The van der Waals surface area contributed by atoms with Crippen LogP contribution < -0.4 is 26.7 Å². The first-order valence-corrected chi connectivity index (χ1v) is 6.83. The Morgan fingerprint density at radius 1 is 1.43 bits per heavy atom. The van der Waals surface area contributed by atoms with E-state index in [1.165, 1.54) is 0 Å². The molecule has 1 aliphatic rings. The van der Waals surface area contributed by atoms with Gasteiger partial charge in [0.2, 0.25) is 5.42 Å². The third-order valence-electron chi connectivity index (χ3n) is 3.36. The highest BCUT2D eigenvalue weighted by Gasteiger charge is 2.19. The van der Waals surface area contributed by atoms with Crippen molar-refractivity contribution < 1.29 is 8.98 Å². The van der Waals surface area contributed by atoms with Crippen molar-refractivity contribution >= 4 is 18.2 Å². The Morgan fingerprint density at radius 3 is 2.90 bits per heavy atom. The maximum Gasteiger partial charge on any atom is 0.455 e. The molecule has 0 amide bonds. The van der Waals surface area contributed by atoms with Gasteiger partial charge in [-0.1, -0.05) is 6.08 Å². The van der Waals surface area contributed by atoms with Crippen LogP contribution in [-0.4, -0.2) is 11.0 Å². The number of hydrogen-bond donors (Lipinski definition) is 1. The van der Waals surface area contributed by atoms with E-state index < -0.39 is 0 Å². The maximum atomic E-state index is 12.5. The smallest absolute Gasteiger partial charge is 0.440 e. The summed E-state index contributed by atoms with van der Waals surface area (Å²) in [5, 5.41) is 0. The first-order chi connectivity index (χ1) is 10.2. The molecule has 3 rings (SSSR count). The van der Waals surface area contributed by atoms with Gasteiger partial charge >= 0.3 is 5.56 Å². The Bertz CT molecular complexity index is 867. The summed E-state index contributed by atoms with van der Waals surface area (Å²) >= 11 is 0. The molecule has 0 radical (unpaired) electrons. The molecule has 21 heavy (non-hydrogen) atoms. The molecular formula is C16H16N3O2+. The van der Waals surface area contributed by atoms with Gasteiger partial charge in [-0.2, -0.15) is 4.57 Å². The number of nitrogens with zero attached hydrogens (tertiary/aromatic N) is 2. The molecule has 1 atom stereocenters. The lowest BCUT2D eigenvalue weighted by Crippen LogP contribution is -2.61. The molecule has 0 bridgehead atoms. The first kappa shape index (κ1) is 13.5. The molecule has 0 aromatic carbocycles. The molecule has 5 nitrogen and oxygen atoms in total. The quantitative estimate of drug-likeness (QED) is 0.740. The molecular weight excluding hydrogens is 266 g/mol. The van der Waals surface area contributed by atoms with E-state index in [0.29, 0.717) is 17.4 Å². The van der Waals surface area contributed by atoms with Gasteiger partial charge in [0.05, 0.1) is 0 Å². The van der Waals surface area contributed by atoms with Crippen molar-refractivity contribution in [3.8, 4) is 0 Å². The van der Waals surface area contributed by atoms with Crippen molar-refractivity contribution in [2.45, 2.75) is 19.5 Å². The van der Waals surface area contributed by atoms with Crippen molar-refractivity contribution in [2.24, 2.45) is 5.73 Å². The fourth-order valence-corrected chi connectivity index (χ4v) is 2.33. The first-order valence-electron chi connectivity index (χ1n) is 6.83. The summed E-state index contributed by atoms with van der Waals surface area (Å²) in [5.74, 6) is 0. The molecule has 106 valence electrons. The van der Waals surface area contributed by atoms with Crippen LogP contribution in [0.4, 0.5) is 0 Å². The van der Waals surface area contributed by atoms with E-state index in [2.05, 4.69) is 4.98 Å². The van der Waals surface area contributed by atoms with Gasteiger partial charge < -0.3 is 10.2 Å². The van der Waals surface area contributed by atoms with Gasteiger partial charge in [-0.15, -0.1) is 0 Å². The minimum atomic E-state index is -0.196. The summed E-state index contributed by atoms with van der Waals surface area (Å²) in [5.41, 5.74) is 8.27. The van der Waals surface area contributed by atoms with E-state index in [-0.39, 0.29) is 11.6 Å². The topological polar surface area (TPSA) is 73.0 Å². The largest absolute Gasteiger partial charge is 0.455 e. The lowest BCUT2D eigenvalue weighted by atomic mass is 10.1. The third-order valence-corrected chi connectivity index (χ3v) is 3.36. The summed E-state index contributed by atoms with van der Waals surface area (Å²) in [6, 6.07) is 3.44. The van der Waals surface area contributed by atoms with Crippen LogP contribution >= 0.6 is 0 Å². The van der Waals surface area contributed by atoms with Crippen molar-refractivity contribution in [1.82, 2.24) is 4.98 Å². The van der Waals surface area contributed by atoms with Gasteiger partial charge in [0.15, 0.2) is 5.42 Å². The summed E-state index contributed by atoms with van der Waals surface area (Å²) in [6.45, 7) is 2.50. The number of fused-ring (bicyclic) bond motifs is 1. The molecule has 2 N–H and O–H groups in total. The Balaban J connectivity index is 2.32. The van der Waals surface area contributed by atoms with Crippen LogP contribution in [0.15, 0.2) is 39.8 Å². The van der Waals surface area contributed by atoms with Crippen LogP contribution in [0.3, 0.4) is 0 Å². The average Bonchev–Trinajstić information content (AvgIpc) is 2.49. The number of aromatic nitrogens is 2. The SMILES string of the molecule is CC[n+]1c2c(o/c(=C/c3ccncc3)c1=O)=CC(N)C=C2. The van der Waals surface area contributed by atoms with E-state index >= 15 is 0 Å². The molecule has 5 heteroatoms. The van der Waals surface area contributed by atoms with Gasteiger partial charge in [0.1, 0.15) is 6.54 Å². The summed E-state index contributed by atoms with van der Waals surface area (Å²) in [7, 11) is 0. The highest BCUT2D eigenvalue weighted by molar-refractivity contribution is 5.53. The zero-order chi connectivity index (χ0) is 14.8. The van der Waals surface area contributed by atoms with Crippen LogP contribution in [0.2, 0.25) is 0 Å². The third kappa shape index (κ3) is 2.55. The van der Waals surface area contributed by atoms with Crippen LogP contribution in [0, 0.1) is 0 Å². The molecule has 0 saturated heterocycles. The van der Waals surface area contributed by atoms with E-state index in [1.54, 1.807) is 23.0 Å². The minimum Gasteiger partial charge on any atom is -0.440 e. The molecule has 0 spiro atoms. The molecule has 0 fully saturated rings. The highest BCUT2D eigenvalue weighted by atomic mass is 16.3. The fraction of sp³-hybridized carbons (Fsp3) is 0.188. The van der Waals surface area contributed by atoms with Gasteiger partial charge in [-0.05, 0) is 36.8 Å². The lowest BCUT2D eigenvalue weighted by molar-refractivity contribution is -0.712. The average molecular weight is 282 g/mol.